The first kappa shape index (κ1) is 20.9. The van der Waals surface area contributed by atoms with Crippen LogP contribution in [0.1, 0.15) is 69.4 Å². The molecule has 0 saturated carbocycles. The van der Waals surface area contributed by atoms with Crippen LogP contribution in [-0.2, 0) is 16.0 Å². The first-order valence-corrected chi connectivity index (χ1v) is 11.5. The number of aromatic nitrogens is 1. The van der Waals surface area contributed by atoms with Crippen LogP contribution in [0.5, 0.6) is 0 Å². The summed E-state index contributed by atoms with van der Waals surface area (Å²) < 4.78 is 11.8. The molecule has 1 aromatic heterocycles. The number of carbonyl (C=O) groups excluding carboxylic acids is 1. The molecule has 6 heteroatoms. The van der Waals surface area contributed by atoms with E-state index < -0.39 is 0 Å². The Bertz CT molecular complexity index is 675. The molecule has 6 nitrogen and oxygen atoms in total. The Kier molecular flexibility index (Phi) is 6.30. The predicted octanol–water partition coefficient (Wildman–Crippen LogP) is 3.49. The summed E-state index contributed by atoms with van der Waals surface area (Å²) in [6.07, 6.45) is 7.64. The number of fused-ring (bicyclic) bond motifs is 2. The molecule has 3 atom stereocenters. The van der Waals surface area contributed by atoms with Crippen LogP contribution in [-0.4, -0.2) is 64.8 Å². The second-order valence-corrected chi connectivity index (χ2v) is 9.79. The van der Waals surface area contributed by atoms with Crippen molar-refractivity contribution in [1.29, 1.82) is 0 Å². The van der Waals surface area contributed by atoms with Crippen molar-refractivity contribution in [3.05, 3.63) is 17.0 Å². The van der Waals surface area contributed by atoms with E-state index in [9.17, 15) is 4.79 Å². The average Bonchev–Trinajstić information content (AvgIpc) is 3.13. The number of aryl methyl sites for hydroxylation is 2. The zero-order chi connectivity index (χ0) is 20.5. The Morgan fingerprint density at radius 1 is 1.10 bits per heavy atom. The number of hydrogen-bond donors (Lipinski definition) is 0. The zero-order valence-electron chi connectivity index (χ0n) is 18.5. The van der Waals surface area contributed by atoms with Crippen molar-refractivity contribution in [2.24, 2.45) is 5.92 Å². The summed E-state index contributed by atoms with van der Waals surface area (Å²) in [6.45, 7) is 11.9. The van der Waals surface area contributed by atoms with Gasteiger partial charge in [0.15, 0.2) is 0 Å². The minimum atomic E-state index is 0.229. The maximum atomic E-state index is 13.1. The van der Waals surface area contributed by atoms with Gasteiger partial charge in [0, 0.05) is 37.3 Å². The number of ether oxygens (including phenoxy) is 1. The van der Waals surface area contributed by atoms with Crippen LogP contribution in [0.15, 0.2) is 4.52 Å². The van der Waals surface area contributed by atoms with Crippen LogP contribution < -0.4 is 0 Å². The number of rotatable bonds is 6. The Morgan fingerprint density at radius 3 is 2.31 bits per heavy atom. The fourth-order valence-corrected chi connectivity index (χ4v) is 5.66. The quantitative estimate of drug-likeness (QED) is 0.728. The number of likely N-dealkylation sites (tertiary alicyclic amines) is 1. The maximum Gasteiger partial charge on any atom is 0.227 e. The summed E-state index contributed by atoms with van der Waals surface area (Å²) in [5, 5.41) is 4.00. The van der Waals surface area contributed by atoms with Crippen LogP contribution in [0, 0.1) is 19.8 Å². The van der Waals surface area contributed by atoms with E-state index in [-0.39, 0.29) is 5.91 Å². The van der Waals surface area contributed by atoms with Gasteiger partial charge in [0.1, 0.15) is 5.76 Å². The predicted molar refractivity (Wildman–Crippen MR) is 112 cm³/mol. The molecule has 3 aliphatic heterocycles. The summed E-state index contributed by atoms with van der Waals surface area (Å²) in [4.78, 5) is 17.8. The zero-order valence-corrected chi connectivity index (χ0v) is 18.5. The average molecular weight is 404 g/mol. The van der Waals surface area contributed by atoms with Crippen molar-refractivity contribution < 1.29 is 14.1 Å². The van der Waals surface area contributed by atoms with Gasteiger partial charge in [0.25, 0.3) is 0 Å². The Labute approximate surface area is 174 Å². The van der Waals surface area contributed by atoms with Crippen LogP contribution in [0.25, 0.3) is 0 Å². The molecule has 1 unspecified atom stereocenters. The number of amides is 1. The summed E-state index contributed by atoms with van der Waals surface area (Å²) >= 11 is 0. The van der Waals surface area contributed by atoms with Gasteiger partial charge in [0.2, 0.25) is 5.91 Å². The molecular weight excluding hydrogens is 366 g/mol. The van der Waals surface area contributed by atoms with Crippen LogP contribution in [0.2, 0.25) is 0 Å². The highest BCUT2D eigenvalue weighted by Gasteiger charge is 2.44. The fraction of sp³-hybridized carbons (Fsp3) is 0.826. The smallest absolute Gasteiger partial charge is 0.227 e. The van der Waals surface area contributed by atoms with Crippen molar-refractivity contribution in [2.45, 2.75) is 96.9 Å². The normalized spacial score (nSPS) is 28.4. The number of hydrogen-bond acceptors (Lipinski definition) is 5. The Morgan fingerprint density at radius 2 is 1.76 bits per heavy atom. The Hall–Kier alpha value is -1.40. The molecule has 29 heavy (non-hydrogen) atoms. The van der Waals surface area contributed by atoms with E-state index in [1.54, 1.807) is 0 Å². The molecule has 0 aliphatic carbocycles. The Balaban J connectivity index is 1.29. The molecule has 1 aromatic rings. The molecule has 3 aliphatic rings. The van der Waals surface area contributed by atoms with Crippen LogP contribution in [0.4, 0.5) is 0 Å². The molecule has 4 heterocycles. The third-order valence-corrected chi connectivity index (χ3v) is 7.03. The highest BCUT2D eigenvalue weighted by Crippen LogP contribution is 2.38. The lowest BCUT2D eigenvalue weighted by Gasteiger charge is -2.41. The molecule has 3 fully saturated rings. The molecule has 0 N–H and O–H groups in total. The third kappa shape index (κ3) is 4.69. The highest BCUT2D eigenvalue weighted by atomic mass is 16.5. The monoisotopic (exact) mass is 403 g/mol. The fourth-order valence-electron chi connectivity index (χ4n) is 5.66. The van der Waals surface area contributed by atoms with Crippen molar-refractivity contribution in [3.8, 4) is 0 Å². The molecular formula is C23H37N3O3. The topological polar surface area (TPSA) is 58.8 Å². The molecule has 1 amide bonds. The molecule has 2 bridgehead atoms. The lowest BCUT2D eigenvalue weighted by atomic mass is 9.97. The largest absolute Gasteiger partial charge is 0.375 e. The van der Waals surface area contributed by atoms with E-state index in [1.165, 1.54) is 6.54 Å². The van der Waals surface area contributed by atoms with Gasteiger partial charge in [-0.15, -0.1) is 0 Å². The van der Waals surface area contributed by atoms with Crippen molar-refractivity contribution in [2.75, 3.05) is 19.6 Å². The molecule has 4 rings (SSSR count). The van der Waals surface area contributed by atoms with Gasteiger partial charge in [-0.25, -0.2) is 0 Å². The number of nitrogens with zero attached hydrogens (tertiary/aromatic N) is 3. The number of carbonyl (C=O) groups is 1. The second-order valence-electron chi connectivity index (χ2n) is 9.79. The van der Waals surface area contributed by atoms with E-state index >= 15 is 0 Å². The van der Waals surface area contributed by atoms with Gasteiger partial charge < -0.3 is 19.1 Å². The van der Waals surface area contributed by atoms with Crippen molar-refractivity contribution in [1.82, 2.24) is 15.0 Å². The van der Waals surface area contributed by atoms with Crippen LogP contribution in [0.3, 0.4) is 0 Å². The van der Waals surface area contributed by atoms with Gasteiger partial charge in [-0.1, -0.05) is 19.0 Å². The van der Waals surface area contributed by atoms with E-state index in [0.29, 0.717) is 30.7 Å². The summed E-state index contributed by atoms with van der Waals surface area (Å²) in [7, 11) is 0. The summed E-state index contributed by atoms with van der Waals surface area (Å²) in [5.41, 5.74) is 1.80. The minimum Gasteiger partial charge on any atom is -0.375 e. The van der Waals surface area contributed by atoms with Gasteiger partial charge >= 0.3 is 0 Å². The van der Waals surface area contributed by atoms with E-state index in [4.69, 9.17) is 9.26 Å². The van der Waals surface area contributed by atoms with Crippen molar-refractivity contribution >= 4 is 5.91 Å². The minimum absolute atomic E-state index is 0.229. The number of piperidine rings is 2. The first-order valence-electron chi connectivity index (χ1n) is 11.5. The summed E-state index contributed by atoms with van der Waals surface area (Å²) in [5.74, 6) is 1.73. The van der Waals surface area contributed by atoms with E-state index in [1.807, 2.05) is 13.8 Å². The SMILES string of the molecule is Cc1noc(C)c1CC(=O)N1[C@@H]2CC[C@H]1CC(OC1CCN(CC(C)C)CC1)C2. The van der Waals surface area contributed by atoms with Crippen molar-refractivity contribution in [3.63, 3.8) is 0 Å². The molecule has 0 aromatic carbocycles. The summed E-state index contributed by atoms with van der Waals surface area (Å²) in [6, 6.07) is 0.681. The molecule has 0 spiro atoms. The molecule has 3 saturated heterocycles. The van der Waals surface area contributed by atoms with Gasteiger partial charge in [0.05, 0.1) is 24.3 Å². The van der Waals surface area contributed by atoms with Gasteiger partial charge in [-0.3, -0.25) is 4.79 Å². The van der Waals surface area contributed by atoms with E-state index in [0.717, 1.165) is 74.5 Å². The van der Waals surface area contributed by atoms with Gasteiger partial charge in [-0.2, -0.15) is 0 Å². The standard InChI is InChI=1S/C23H37N3O3/c1-15(2)14-25-9-7-20(8-10-25)28-21-11-18-5-6-19(12-21)26(18)23(27)13-22-16(3)24-29-17(22)4/h15,18-21H,5-14H2,1-4H3/t18-,19+,21?. The maximum absolute atomic E-state index is 13.1. The molecule has 162 valence electrons. The molecule has 0 radical (unpaired) electrons. The third-order valence-electron chi connectivity index (χ3n) is 7.03. The van der Waals surface area contributed by atoms with Gasteiger partial charge in [-0.05, 0) is 58.3 Å². The lowest BCUT2D eigenvalue weighted by Crippen LogP contribution is -2.50. The first-order chi connectivity index (χ1) is 13.9. The highest BCUT2D eigenvalue weighted by molar-refractivity contribution is 5.80. The van der Waals surface area contributed by atoms with E-state index in [2.05, 4.69) is 28.8 Å². The lowest BCUT2D eigenvalue weighted by molar-refractivity contribution is -0.140. The second kappa shape index (κ2) is 8.76. The van der Waals surface area contributed by atoms with Crippen LogP contribution >= 0.6 is 0 Å².